The van der Waals surface area contributed by atoms with Crippen LogP contribution in [0.1, 0.15) is 5.56 Å². The number of benzene rings is 1. The molecular weight excluding hydrogens is 306 g/mol. The summed E-state index contributed by atoms with van der Waals surface area (Å²) in [4.78, 5) is 12.6. The number of aromatic nitrogens is 3. The number of rotatable bonds is 3. The highest BCUT2D eigenvalue weighted by molar-refractivity contribution is 9.08. The fourth-order valence-electron chi connectivity index (χ4n) is 1.68. The zero-order valence-corrected chi connectivity index (χ0v) is 11.5. The van der Waals surface area contributed by atoms with Crippen molar-refractivity contribution in [2.24, 2.45) is 0 Å². The van der Waals surface area contributed by atoms with Gasteiger partial charge in [0.15, 0.2) is 0 Å². The monoisotopic (exact) mass is 315 g/mol. The van der Waals surface area contributed by atoms with Gasteiger partial charge in [-0.15, -0.1) is 0 Å². The van der Waals surface area contributed by atoms with Crippen molar-refractivity contribution < 1.29 is 4.74 Å². The predicted molar refractivity (Wildman–Crippen MR) is 76.5 cm³/mol. The maximum Gasteiger partial charge on any atom is 0.321 e. The lowest BCUT2D eigenvalue weighted by Crippen LogP contribution is -1.93. The van der Waals surface area contributed by atoms with Gasteiger partial charge in [-0.25, -0.2) is 9.97 Å². The number of alkyl halides is 1. The summed E-state index contributed by atoms with van der Waals surface area (Å²) in [6.07, 6.45) is 5.13. The van der Waals surface area contributed by atoms with Gasteiger partial charge in [-0.05, 0) is 17.7 Å². The van der Waals surface area contributed by atoms with Crippen LogP contribution in [-0.4, -0.2) is 15.0 Å². The summed E-state index contributed by atoms with van der Waals surface area (Å²) in [5, 5.41) is 1.75. The minimum Gasteiger partial charge on any atom is -0.423 e. The Hall–Kier alpha value is -2.01. The molecule has 0 fully saturated rings. The van der Waals surface area contributed by atoms with Gasteiger partial charge in [0, 0.05) is 23.1 Å². The average Bonchev–Trinajstić information content (AvgIpc) is 2.48. The number of halogens is 1. The van der Waals surface area contributed by atoms with E-state index in [0.29, 0.717) is 11.8 Å². The Morgan fingerprint density at radius 3 is 2.58 bits per heavy atom. The topological polar surface area (TPSA) is 47.9 Å². The SMILES string of the molecule is BrCc1cnc(Oc2cnc3ccccc3c2)nc1. The molecule has 19 heavy (non-hydrogen) atoms. The van der Waals surface area contributed by atoms with Crippen molar-refractivity contribution in [3.63, 3.8) is 0 Å². The first-order valence-corrected chi connectivity index (χ1v) is 6.87. The number of nitrogens with zero attached hydrogens (tertiary/aromatic N) is 3. The molecule has 0 amide bonds. The molecule has 0 radical (unpaired) electrons. The molecule has 1 aromatic carbocycles. The average molecular weight is 316 g/mol. The van der Waals surface area contributed by atoms with Gasteiger partial charge in [-0.3, -0.25) is 4.98 Å². The second kappa shape index (κ2) is 5.32. The van der Waals surface area contributed by atoms with Crippen molar-refractivity contribution in [1.29, 1.82) is 0 Å². The van der Waals surface area contributed by atoms with Crippen LogP contribution in [-0.2, 0) is 5.33 Å². The second-order valence-electron chi connectivity index (χ2n) is 3.97. The van der Waals surface area contributed by atoms with E-state index in [1.165, 1.54) is 0 Å². The summed E-state index contributed by atoms with van der Waals surface area (Å²) in [6.45, 7) is 0. The Kier molecular flexibility index (Phi) is 3.37. The Morgan fingerprint density at radius 2 is 1.79 bits per heavy atom. The van der Waals surface area contributed by atoms with E-state index in [0.717, 1.165) is 21.8 Å². The summed E-state index contributed by atoms with van der Waals surface area (Å²) < 4.78 is 5.59. The van der Waals surface area contributed by atoms with Crippen LogP contribution in [0.4, 0.5) is 0 Å². The van der Waals surface area contributed by atoms with Crippen LogP contribution in [0.2, 0.25) is 0 Å². The fraction of sp³-hybridized carbons (Fsp3) is 0.0714. The van der Waals surface area contributed by atoms with Crippen molar-refractivity contribution in [2.75, 3.05) is 0 Å². The Balaban J connectivity index is 1.87. The van der Waals surface area contributed by atoms with E-state index in [2.05, 4.69) is 30.9 Å². The zero-order valence-electron chi connectivity index (χ0n) is 9.95. The third-order valence-electron chi connectivity index (χ3n) is 2.61. The zero-order chi connectivity index (χ0) is 13.1. The summed E-state index contributed by atoms with van der Waals surface area (Å²) in [5.41, 5.74) is 1.94. The van der Waals surface area contributed by atoms with Gasteiger partial charge in [0.25, 0.3) is 0 Å². The molecule has 5 heteroatoms. The molecule has 3 aromatic rings. The summed E-state index contributed by atoms with van der Waals surface area (Å²) in [6, 6.07) is 10.1. The van der Waals surface area contributed by atoms with Gasteiger partial charge in [0.1, 0.15) is 5.75 Å². The third kappa shape index (κ3) is 2.71. The van der Waals surface area contributed by atoms with Crippen molar-refractivity contribution in [2.45, 2.75) is 5.33 Å². The van der Waals surface area contributed by atoms with Crippen molar-refractivity contribution in [1.82, 2.24) is 15.0 Å². The molecule has 2 aromatic heterocycles. The Labute approximate surface area is 118 Å². The Morgan fingerprint density at radius 1 is 1.00 bits per heavy atom. The summed E-state index contributed by atoms with van der Waals surface area (Å²) >= 11 is 3.35. The smallest absolute Gasteiger partial charge is 0.321 e. The number of hydrogen-bond acceptors (Lipinski definition) is 4. The molecule has 94 valence electrons. The van der Waals surface area contributed by atoms with Crippen LogP contribution < -0.4 is 4.74 Å². The van der Waals surface area contributed by atoms with Gasteiger partial charge < -0.3 is 4.74 Å². The molecule has 3 rings (SSSR count). The van der Waals surface area contributed by atoms with Crippen molar-refractivity contribution in [3.8, 4) is 11.8 Å². The molecule has 0 N–H and O–H groups in total. The Bertz CT molecular complexity index is 700. The van der Waals surface area contributed by atoms with Crippen molar-refractivity contribution >= 4 is 26.8 Å². The van der Waals surface area contributed by atoms with Crippen molar-refractivity contribution in [3.05, 3.63) is 54.5 Å². The van der Waals surface area contributed by atoms with Crippen LogP contribution in [0.15, 0.2) is 48.9 Å². The molecule has 0 saturated carbocycles. The minimum absolute atomic E-state index is 0.321. The van der Waals surface area contributed by atoms with E-state index in [1.807, 2.05) is 30.3 Å². The lowest BCUT2D eigenvalue weighted by Gasteiger charge is -2.04. The van der Waals surface area contributed by atoms with Crippen LogP contribution in [0.3, 0.4) is 0 Å². The van der Waals surface area contributed by atoms with Crippen LogP contribution >= 0.6 is 15.9 Å². The molecule has 0 aliphatic heterocycles. The fourth-order valence-corrected chi connectivity index (χ4v) is 1.97. The van der Waals surface area contributed by atoms with E-state index in [1.54, 1.807) is 18.6 Å². The summed E-state index contributed by atoms with van der Waals surface area (Å²) in [5.74, 6) is 0.630. The molecule has 0 bridgehead atoms. The molecule has 2 heterocycles. The van der Waals surface area contributed by atoms with Crippen LogP contribution in [0.5, 0.6) is 11.8 Å². The van der Waals surface area contributed by atoms with Gasteiger partial charge in [-0.1, -0.05) is 34.1 Å². The standard InChI is InChI=1S/C14H10BrN3O/c15-6-10-7-17-14(18-8-10)19-12-5-11-3-1-2-4-13(11)16-9-12/h1-5,7-9H,6H2. The highest BCUT2D eigenvalue weighted by atomic mass is 79.9. The quantitative estimate of drug-likeness (QED) is 0.691. The molecule has 0 spiro atoms. The van der Waals surface area contributed by atoms with Crippen LogP contribution in [0, 0.1) is 0 Å². The lowest BCUT2D eigenvalue weighted by molar-refractivity contribution is 0.440. The van der Waals surface area contributed by atoms with E-state index in [9.17, 15) is 0 Å². The van der Waals surface area contributed by atoms with Gasteiger partial charge in [0.05, 0.1) is 11.7 Å². The molecule has 0 aliphatic carbocycles. The maximum atomic E-state index is 5.59. The number of pyridine rings is 1. The first-order chi connectivity index (χ1) is 9.35. The van der Waals surface area contributed by atoms with Gasteiger partial charge in [-0.2, -0.15) is 0 Å². The van der Waals surface area contributed by atoms with E-state index >= 15 is 0 Å². The summed E-state index contributed by atoms with van der Waals surface area (Å²) in [7, 11) is 0. The third-order valence-corrected chi connectivity index (χ3v) is 3.26. The van der Waals surface area contributed by atoms with Gasteiger partial charge >= 0.3 is 6.01 Å². The number of fused-ring (bicyclic) bond motifs is 1. The number of hydrogen-bond donors (Lipinski definition) is 0. The van der Waals surface area contributed by atoms with Crippen LogP contribution in [0.25, 0.3) is 10.9 Å². The predicted octanol–water partition coefficient (Wildman–Crippen LogP) is 3.71. The first kappa shape index (κ1) is 12.0. The number of ether oxygens (including phenoxy) is 1. The minimum atomic E-state index is 0.321. The highest BCUT2D eigenvalue weighted by Crippen LogP contribution is 2.21. The number of para-hydroxylation sites is 1. The molecule has 0 atom stereocenters. The van der Waals surface area contributed by atoms with E-state index in [4.69, 9.17) is 4.74 Å². The first-order valence-electron chi connectivity index (χ1n) is 5.75. The molecule has 0 saturated heterocycles. The molecule has 0 aliphatic rings. The highest BCUT2D eigenvalue weighted by Gasteiger charge is 2.02. The van der Waals surface area contributed by atoms with Gasteiger partial charge in [0.2, 0.25) is 0 Å². The maximum absolute atomic E-state index is 5.59. The molecular formula is C14H10BrN3O. The molecule has 4 nitrogen and oxygen atoms in total. The van der Waals surface area contributed by atoms with E-state index < -0.39 is 0 Å². The lowest BCUT2D eigenvalue weighted by atomic mass is 10.2. The normalized spacial score (nSPS) is 10.6. The van der Waals surface area contributed by atoms with E-state index in [-0.39, 0.29) is 0 Å². The second-order valence-corrected chi connectivity index (χ2v) is 4.53. The largest absolute Gasteiger partial charge is 0.423 e. The molecule has 0 unspecified atom stereocenters.